The van der Waals surface area contributed by atoms with Crippen LogP contribution in [0.3, 0.4) is 0 Å². The van der Waals surface area contributed by atoms with Gasteiger partial charge in [-0.15, -0.1) is 12.4 Å². The summed E-state index contributed by atoms with van der Waals surface area (Å²) in [5.41, 5.74) is 0. The summed E-state index contributed by atoms with van der Waals surface area (Å²) in [6, 6.07) is 0. The molecule has 0 saturated carbocycles. The van der Waals surface area contributed by atoms with Gasteiger partial charge in [-0.1, -0.05) is 0 Å². The van der Waals surface area contributed by atoms with Crippen molar-refractivity contribution in [3.8, 4) is 0 Å². The Labute approximate surface area is 117 Å². The van der Waals surface area contributed by atoms with Crippen LogP contribution in [-0.4, -0.2) is 82.3 Å². The van der Waals surface area contributed by atoms with Crippen LogP contribution in [0.2, 0.25) is 0 Å². The molecule has 4 N–H and O–H groups in total. The molecule has 0 heterocycles. The third kappa shape index (κ3) is 22.8. The molecule has 0 aliphatic rings. The minimum atomic E-state index is -1.23. The summed E-state index contributed by atoms with van der Waals surface area (Å²) in [6.07, 6.45) is -2.46. The number of aliphatic hydroxyl groups is 2. The van der Waals surface area contributed by atoms with Gasteiger partial charge in [-0.25, -0.2) is 9.59 Å². The van der Waals surface area contributed by atoms with Crippen LogP contribution in [0.15, 0.2) is 0 Å². The molecule has 84 valence electrons. The Morgan fingerprint density at radius 2 is 1.00 bits per heavy atom. The van der Waals surface area contributed by atoms with Crippen molar-refractivity contribution < 1.29 is 30.0 Å². The van der Waals surface area contributed by atoms with Crippen molar-refractivity contribution in [1.29, 1.82) is 0 Å². The van der Waals surface area contributed by atoms with E-state index in [1.54, 1.807) is 0 Å². The van der Waals surface area contributed by atoms with Crippen molar-refractivity contribution in [3.63, 3.8) is 0 Å². The molecule has 14 heavy (non-hydrogen) atoms. The van der Waals surface area contributed by atoms with Crippen molar-refractivity contribution in [2.75, 3.05) is 0 Å². The molecular weight excluding hydrogens is 244 g/mol. The van der Waals surface area contributed by atoms with Gasteiger partial charge in [0.05, 0.1) is 0 Å². The number of halogens is 1. The number of carboxylic acids is 2. The van der Waals surface area contributed by atoms with Gasteiger partial charge in [-0.05, 0) is 13.8 Å². The Hall–Kier alpha value is 0.410. The number of hydrogen-bond acceptors (Lipinski definition) is 4. The van der Waals surface area contributed by atoms with E-state index in [-0.39, 0.29) is 50.1 Å². The van der Waals surface area contributed by atoms with Crippen LogP contribution >= 0.6 is 12.4 Å². The second-order valence-corrected chi connectivity index (χ2v) is 2.03. The number of aliphatic hydroxyl groups excluding tert-OH is 2. The zero-order valence-corrected chi connectivity index (χ0v) is 7.98. The van der Waals surface area contributed by atoms with E-state index in [4.69, 9.17) is 20.4 Å². The van der Waals surface area contributed by atoms with Crippen molar-refractivity contribution in [3.05, 3.63) is 0 Å². The van der Waals surface area contributed by atoms with Gasteiger partial charge < -0.3 is 20.4 Å². The average Bonchev–Trinajstić information content (AvgIpc) is 1.88. The monoisotopic (exact) mass is 258 g/mol. The molecule has 2 atom stereocenters. The SMILES string of the molecule is CC(O)C(=O)O.CC(O)C(=O)O.Cl.[CaH2]. The molecule has 0 radical (unpaired) electrons. The zero-order valence-electron chi connectivity index (χ0n) is 7.17. The van der Waals surface area contributed by atoms with E-state index in [0.29, 0.717) is 0 Å². The molecule has 0 aliphatic heterocycles. The van der Waals surface area contributed by atoms with Crippen molar-refractivity contribution >= 4 is 62.1 Å². The van der Waals surface area contributed by atoms with E-state index in [2.05, 4.69) is 0 Å². The number of rotatable bonds is 2. The molecule has 0 aromatic heterocycles. The first-order chi connectivity index (χ1) is 5.29. The Kier molecular flexibility index (Phi) is 22.9. The second kappa shape index (κ2) is 13.4. The maximum absolute atomic E-state index is 9.45. The normalized spacial score (nSPS) is 11.7. The van der Waals surface area contributed by atoms with Crippen molar-refractivity contribution in [1.82, 2.24) is 0 Å². The number of hydrogen-bond donors (Lipinski definition) is 4. The first kappa shape index (κ1) is 23.9. The molecule has 0 aromatic carbocycles. The standard InChI is InChI=1S/2C3H6O3.Ca.ClH.2H/c2*1-2(4)3(5)6;;;;/h2*2,4H,1H3,(H,5,6);;1H;;. The fourth-order valence-corrected chi connectivity index (χ4v) is 0. The van der Waals surface area contributed by atoms with Crippen LogP contribution in [0.25, 0.3) is 0 Å². The molecule has 2 unspecified atom stereocenters. The Balaban J connectivity index is -0.0000000625. The quantitative estimate of drug-likeness (QED) is 0.444. The Bertz CT molecular complexity index is 142. The molecule has 0 aliphatic carbocycles. The van der Waals surface area contributed by atoms with Gasteiger partial charge in [0.2, 0.25) is 0 Å². The number of aliphatic carboxylic acids is 2. The minimum absolute atomic E-state index is 0. The molecule has 0 spiro atoms. The summed E-state index contributed by atoms with van der Waals surface area (Å²) in [5, 5.41) is 31.5. The van der Waals surface area contributed by atoms with E-state index in [9.17, 15) is 9.59 Å². The van der Waals surface area contributed by atoms with E-state index < -0.39 is 24.1 Å². The van der Waals surface area contributed by atoms with Crippen molar-refractivity contribution in [2.45, 2.75) is 26.1 Å². The van der Waals surface area contributed by atoms with E-state index in [0.717, 1.165) is 0 Å². The Morgan fingerprint density at radius 3 is 1.00 bits per heavy atom. The molecule has 8 heteroatoms. The second-order valence-electron chi connectivity index (χ2n) is 2.03. The van der Waals surface area contributed by atoms with Crippen LogP contribution in [0, 0.1) is 0 Å². The summed E-state index contributed by atoms with van der Waals surface area (Å²) in [7, 11) is 0. The van der Waals surface area contributed by atoms with Crippen molar-refractivity contribution in [2.24, 2.45) is 0 Å². The summed E-state index contributed by atoms with van der Waals surface area (Å²) >= 11 is 0. The molecule has 6 nitrogen and oxygen atoms in total. The molecule has 0 saturated heterocycles. The first-order valence-electron chi connectivity index (χ1n) is 3.10. The van der Waals surface area contributed by atoms with Gasteiger partial charge in [-0.3, -0.25) is 0 Å². The molecule has 0 bridgehead atoms. The van der Waals surface area contributed by atoms with E-state index in [1.807, 2.05) is 0 Å². The zero-order chi connectivity index (χ0) is 10.3. The van der Waals surface area contributed by atoms with Gasteiger partial charge in [0.25, 0.3) is 0 Å². The summed E-state index contributed by atoms with van der Waals surface area (Å²) in [5.74, 6) is -2.37. The topological polar surface area (TPSA) is 115 Å². The number of carbonyl (C=O) groups is 2. The molecule has 0 rings (SSSR count). The third-order valence-electron chi connectivity index (χ3n) is 0.715. The van der Waals surface area contributed by atoms with Gasteiger partial charge >= 0.3 is 49.7 Å². The van der Waals surface area contributed by atoms with Gasteiger partial charge in [-0.2, -0.15) is 0 Å². The summed E-state index contributed by atoms with van der Waals surface area (Å²) < 4.78 is 0. The Morgan fingerprint density at radius 1 is 0.929 bits per heavy atom. The van der Waals surface area contributed by atoms with Gasteiger partial charge in [0.1, 0.15) is 12.2 Å². The van der Waals surface area contributed by atoms with Crippen LogP contribution in [0.1, 0.15) is 13.8 Å². The molecule has 0 amide bonds. The fourth-order valence-electron chi connectivity index (χ4n) is 0. The van der Waals surface area contributed by atoms with Crippen LogP contribution in [0.4, 0.5) is 0 Å². The first-order valence-corrected chi connectivity index (χ1v) is 3.10. The molecule has 0 aromatic rings. The number of carboxylic acid groups (broad SMARTS) is 2. The van der Waals surface area contributed by atoms with Crippen LogP contribution in [0.5, 0.6) is 0 Å². The summed E-state index contributed by atoms with van der Waals surface area (Å²) in [6.45, 7) is 2.39. The van der Waals surface area contributed by atoms with Gasteiger partial charge in [0, 0.05) is 0 Å². The fraction of sp³-hybridized carbons (Fsp3) is 0.667. The summed E-state index contributed by atoms with van der Waals surface area (Å²) in [4.78, 5) is 18.9. The van der Waals surface area contributed by atoms with Gasteiger partial charge in [0.15, 0.2) is 0 Å². The predicted molar refractivity (Wildman–Crippen MR) is 54.4 cm³/mol. The van der Waals surface area contributed by atoms with E-state index >= 15 is 0 Å². The third-order valence-corrected chi connectivity index (χ3v) is 0.715. The van der Waals surface area contributed by atoms with E-state index in [1.165, 1.54) is 13.8 Å². The van der Waals surface area contributed by atoms with Crippen LogP contribution in [-0.2, 0) is 9.59 Å². The molecule has 0 fully saturated rings. The molecular formula is C6H15CaClO6. The van der Waals surface area contributed by atoms with Crippen LogP contribution < -0.4 is 0 Å². The maximum atomic E-state index is 9.45. The predicted octanol–water partition coefficient (Wildman–Crippen LogP) is -1.59. The average molecular weight is 259 g/mol.